The van der Waals surface area contributed by atoms with Gasteiger partial charge in [0.1, 0.15) is 0 Å². The molecule has 0 aliphatic heterocycles. The summed E-state index contributed by atoms with van der Waals surface area (Å²) in [5.74, 6) is 1.69. The lowest BCUT2D eigenvalue weighted by atomic mass is 10.3. The number of thioether (sulfide) groups is 1. The molecular weight excluding hydrogens is 172 g/mol. The number of hydrogen-bond donors (Lipinski definition) is 0. The third-order valence-corrected chi connectivity index (χ3v) is 2.99. The normalized spacial score (nSPS) is 13.1. The highest BCUT2D eigenvalue weighted by Crippen LogP contribution is 2.17. The van der Waals surface area contributed by atoms with Crippen LogP contribution in [0, 0.1) is 5.92 Å². The van der Waals surface area contributed by atoms with E-state index < -0.39 is 0 Å². The molecule has 0 heterocycles. The maximum Gasteiger partial charge on any atom is 0.306 e. The van der Waals surface area contributed by atoms with Gasteiger partial charge in [0, 0.05) is 5.25 Å². The van der Waals surface area contributed by atoms with Crippen LogP contribution in [0.15, 0.2) is 0 Å². The summed E-state index contributed by atoms with van der Waals surface area (Å²) >= 11 is 1.83. The van der Waals surface area contributed by atoms with Gasteiger partial charge in [-0.1, -0.05) is 20.8 Å². The zero-order chi connectivity index (χ0) is 9.56. The van der Waals surface area contributed by atoms with Crippen LogP contribution in [0.5, 0.6) is 0 Å². The fraction of sp³-hybridized carbons (Fsp3) is 0.889. The molecule has 12 heavy (non-hydrogen) atoms. The Hall–Kier alpha value is -0.180. The van der Waals surface area contributed by atoms with Crippen molar-refractivity contribution in [1.29, 1.82) is 0 Å². The number of esters is 1. The van der Waals surface area contributed by atoms with E-state index in [-0.39, 0.29) is 5.97 Å². The fourth-order valence-electron chi connectivity index (χ4n) is 0.734. The Labute approximate surface area is 79.1 Å². The molecule has 0 amide bonds. The third kappa shape index (κ3) is 6.53. The van der Waals surface area contributed by atoms with Gasteiger partial charge in [-0.05, 0) is 11.7 Å². The van der Waals surface area contributed by atoms with Crippen LogP contribution in [0.3, 0.4) is 0 Å². The molecule has 0 aromatic rings. The lowest BCUT2D eigenvalue weighted by molar-refractivity contribution is -0.140. The van der Waals surface area contributed by atoms with Crippen LogP contribution in [0.25, 0.3) is 0 Å². The van der Waals surface area contributed by atoms with Crippen LogP contribution < -0.4 is 0 Å². The minimum absolute atomic E-state index is 0.112. The van der Waals surface area contributed by atoms with Gasteiger partial charge >= 0.3 is 5.97 Å². The number of methoxy groups -OCH3 is 1. The van der Waals surface area contributed by atoms with Gasteiger partial charge in [-0.15, -0.1) is 0 Å². The van der Waals surface area contributed by atoms with Gasteiger partial charge in [0.2, 0.25) is 0 Å². The maximum absolute atomic E-state index is 10.8. The number of rotatable bonds is 5. The Morgan fingerprint density at radius 3 is 2.42 bits per heavy atom. The van der Waals surface area contributed by atoms with Crippen LogP contribution in [0.2, 0.25) is 0 Å². The van der Waals surface area contributed by atoms with E-state index in [4.69, 9.17) is 0 Å². The highest BCUT2D eigenvalue weighted by Gasteiger charge is 2.09. The van der Waals surface area contributed by atoms with Crippen molar-refractivity contribution in [3.63, 3.8) is 0 Å². The lowest BCUT2D eigenvalue weighted by Gasteiger charge is -2.10. The average molecular weight is 190 g/mol. The van der Waals surface area contributed by atoms with Crippen molar-refractivity contribution in [3.8, 4) is 0 Å². The maximum atomic E-state index is 10.8. The molecule has 0 rings (SSSR count). The van der Waals surface area contributed by atoms with Crippen molar-refractivity contribution in [2.45, 2.75) is 32.4 Å². The average Bonchev–Trinajstić information content (AvgIpc) is 2.00. The van der Waals surface area contributed by atoms with Crippen molar-refractivity contribution in [1.82, 2.24) is 0 Å². The number of carbonyl (C=O) groups excluding carboxylic acids is 1. The van der Waals surface area contributed by atoms with Crippen molar-refractivity contribution in [3.05, 3.63) is 0 Å². The summed E-state index contributed by atoms with van der Waals surface area (Å²) in [6.45, 7) is 6.42. The van der Waals surface area contributed by atoms with Crippen molar-refractivity contribution < 1.29 is 9.53 Å². The SMILES string of the molecule is COC(=O)CC(C)SCC(C)C. The highest BCUT2D eigenvalue weighted by atomic mass is 32.2. The van der Waals surface area contributed by atoms with E-state index in [1.807, 2.05) is 11.8 Å². The molecule has 1 atom stereocenters. The molecule has 3 heteroatoms. The third-order valence-electron chi connectivity index (χ3n) is 1.40. The number of carbonyl (C=O) groups is 1. The molecule has 0 fully saturated rings. The van der Waals surface area contributed by atoms with Crippen LogP contribution in [0.4, 0.5) is 0 Å². The van der Waals surface area contributed by atoms with E-state index in [0.717, 1.165) is 5.75 Å². The molecule has 0 aliphatic rings. The molecule has 0 saturated heterocycles. The summed E-state index contributed by atoms with van der Waals surface area (Å²) in [6.07, 6.45) is 0.522. The molecule has 0 aromatic carbocycles. The van der Waals surface area contributed by atoms with Gasteiger partial charge < -0.3 is 4.74 Å². The van der Waals surface area contributed by atoms with Crippen LogP contribution >= 0.6 is 11.8 Å². The first-order valence-electron chi connectivity index (χ1n) is 4.24. The second-order valence-electron chi connectivity index (χ2n) is 3.32. The first kappa shape index (κ1) is 11.8. The molecule has 0 aromatic heterocycles. The minimum Gasteiger partial charge on any atom is -0.469 e. The van der Waals surface area contributed by atoms with Gasteiger partial charge in [-0.25, -0.2) is 0 Å². The molecule has 72 valence electrons. The fourth-order valence-corrected chi connectivity index (χ4v) is 1.70. The Kier molecular flexibility index (Phi) is 6.25. The Bertz CT molecular complexity index is 134. The number of hydrogen-bond acceptors (Lipinski definition) is 3. The van der Waals surface area contributed by atoms with Crippen LogP contribution in [-0.4, -0.2) is 24.1 Å². The molecule has 0 bridgehead atoms. The van der Waals surface area contributed by atoms with Gasteiger partial charge in [0.15, 0.2) is 0 Å². The van der Waals surface area contributed by atoms with Crippen molar-refractivity contribution in [2.24, 2.45) is 5.92 Å². The molecule has 0 N–H and O–H groups in total. The van der Waals surface area contributed by atoms with Gasteiger partial charge in [-0.3, -0.25) is 4.79 Å². The molecule has 1 unspecified atom stereocenters. The zero-order valence-corrected chi connectivity index (χ0v) is 9.11. The lowest BCUT2D eigenvalue weighted by Crippen LogP contribution is -2.10. The van der Waals surface area contributed by atoms with E-state index in [1.54, 1.807) is 0 Å². The predicted molar refractivity (Wildman–Crippen MR) is 53.4 cm³/mol. The molecule has 0 saturated carbocycles. The highest BCUT2D eigenvalue weighted by molar-refractivity contribution is 7.99. The summed E-state index contributed by atoms with van der Waals surface area (Å²) < 4.78 is 4.58. The summed E-state index contributed by atoms with van der Waals surface area (Å²) in [7, 11) is 1.43. The van der Waals surface area contributed by atoms with Gasteiger partial charge in [-0.2, -0.15) is 11.8 Å². The molecule has 2 nitrogen and oxygen atoms in total. The van der Waals surface area contributed by atoms with E-state index in [9.17, 15) is 4.79 Å². The van der Waals surface area contributed by atoms with E-state index in [0.29, 0.717) is 17.6 Å². The first-order chi connectivity index (χ1) is 5.56. The Morgan fingerprint density at radius 2 is 2.00 bits per heavy atom. The summed E-state index contributed by atoms with van der Waals surface area (Å²) in [6, 6.07) is 0. The minimum atomic E-state index is -0.112. The second kappa shape index (κ2) is 6.35. The summed E-state index contributed by atoms with van der Waals surface area (Å²) in [5, 5.41) is 0.375. The standard InChI is InChI=1S/C9H18O2S/c1-7(2)6-12-8(3)5-9(10)11-4/h7-8H,5-6H2,1-4H3. The van der Waals surface area contributed by atoms with Crippen LogP contribution in [0.1, 0.15) is 27.2 Å². The zero-order valence-electron chi connectivity index (χ0n) is 8.29. The van der Waals surface area contributed by atoms with Crippen molar-refractivity contribution in [2.75, 3.05) is 12.9 Å². The quantitative estimate of drug-likeness (QED) is 0.622. The first-order valence-corrected chi connectivity index (χ1v) is 5.29. The topological polar surface area (TPSA) is 26.3 Å². The van der Waals surface area contributed by atoms with E-state index in [2.05, 4.69) is 25.5 Å². The largest absolute Gasteiger partial charge is 0.469 e. The van der Waals surface area contributed by atoms with Crippen LogP contribution in [-0.2, 0) is 9.53 Å². The molecule has 0 radical (unpaired) electrons. The number of ether oxygens (including phenoxy) is 1. The van der Waals surface area contributed by atoms with Gasteiger partial charge in [0.25, 0.3) is 0 Å². The smallest absolute Gasteiger partial charge is 0.306 e. The monoisotopic (exact) mass is 190 g/mol. The second-order valence-corrected chi connectivity index (χ2v) is 4.79. The predicted octanol–water partition coefficient (Wildman–Crippen LogP) is 2.33. The Morgan fingerprint density at radius 1 is 1.42 bits per heavy atom. The van der Waals surface area contributed by atoms with Gasteiger partial charge in [0.05, 0.1) is 13.5 Å². The Balaban J connectivity index is 3.45. The summed E-state index contributed by atoms with van der Waals surface area (Å²) in [5.41, 5.74) is 0. The summed E-state index contributed by atoms with van der Waals surface area (Å²) in [4.78, 5) is 10.8. The molecule has 0 aliphatic carbocycles. The van der Waals surface area contributed by atoms with E-state index >= 15 is 0 Å². The van der Waals surface area contributed by atoms with E-state index in [1.165, 1.54) is 7.11 Å². The molecule has 0 spiro atoms. The molecular formula is C9H18O2S. The van der Waals surface area contributed by atoms with Crippen molar-refractivity contribution >= 4 is 17.7 Å².